The number of hydrogen-bond donors (Lipinski definition) is 1. The standard InChI is InChI=1S/C25H33N5O3S/c1-4-29-13-10-18(11-14-29)9-12-26-25-27-17-20-16-22(24(31)30(5-2)23(20)28-25)19-7-6-8-21(15-19)34(3,32)33/h6-8,15-18H,4-5,9-14H2,1-3H3,(H,26,27,28). The summed E-state index contributed by atoms with van der Waals surface area (Å²) in [6, 6.07) is 8.23. The van der Waals surface area contributed by atoms with Gasteiger partial charge >= 0.3 is 0 Å². The Kier molecular flexibility index (Phi) is 7.33. The Morgan fingerprint density at radius 1 is 1.12 bits per heavy atom. The lowest BCUT2D eigenvalue weighted by Gasteiger charge is -2.31. The maximum atomic E-state index is 13.3. The van der Waals surface area contributed by atoms with Crippen LogP contribution in [-0.4, -0.2) is 60.3 Å². The quantitative estimate of drug-likeness (QED) is 0.524. The van der Waals surface area contributed by atoms with Crippen molar-refractivity contribution in [1.29, 1.82) is 0 Å². The summed E-state index contributed by atoms with van der Waals surface area (Å²) in [7, 11) is -3.38. The van der Waals surface area contributed by atoms with Gasteiger partial charge in [0.15, 0.2) is 9.84 Å². The third kappa shape index (κ3) is 5.31. The van der Waals surface area contributed by atoms with Crippen molar-refractivity contribution in [2.75, 3.05) is 37.8 Å². The number of likely N-dealkylation sites (tertiary alicyclic amines) is 1. The molecule has 2 aromatic heterocycles. The lowest BCUT2D eigenvalue weighted by atomic mass is 9.93. The van der Waals surface area contributed by atoms with Crippen molar-refractivity contribution in [3.05, 3.63) is 46.9 Å². The molecule has 0 atom stereocenters. The fraction of sp³-hybridized carbons (Fsp3) is 0.480. The molecule has 8 nitrogen and oxygen atoms in total. The van der Waals surface area contributed by atoms with Crippen molar-refractivity contribution in [3.8, 4) is 11.1 Å². The summed E-state index contributed by atoms with van der Waals surface area (Å²) in [6.07, 6.45) is 6.42. The monoisotopic (exact) mass is 483 g/mol. The van der Waals surface area contributed by atoms with Crippen LogP contribution in [0.5, 0.6) is 0 Å². The number of hydrogen-bond acceptors (Lipinski definition) is 7. The van der Waals surface area contributed by atoms with E-state index < -0.39 is 9.84 Å². The number of aryl methyl sites for hydroxylation is 1. The summed E-state index contributed by atoms with van der Waals surface area (Å²) >= 11 is 0. The van der Waals surface area contributed by atoms with Gasteiger partial charge in [0.1, 0.15) is 5.65 Å². The molecule has 1 aliphatic rings. The Labute approximate surface area is 201 Å². The average molecular weight is 484 g/mol. The molecule has 4 rings (SSSR count). The van der Waals surface area contributed by atoms with Crippen LogP contribution in [0.3, 0.4) is 0 Å². The van der Waals surface area contributed by atoms with Crippen LogP contribution in [0.2, 0.25) is 0 Å². The summed E-state index contributed by atoms with van der Waals surface area (Å²) in [5, 5.41) is 4.07. The Balaban J connectivity index is 1.56. The van der Waals surface area contributed by atoms with Crippen LogP contribution >= 0.6 is 0 Å². The third-order valence-corrected chi connectivity index (χ3v) is 7.82. The van der Waals surface area contributed by atoms with Crippen molar-refractivity contribution in [1.82, 2.24) is 19.4 Å². The predicted molar refractivity (Wildman–Crippen MR) is 136 cm³/mol. The minimum absolute atomic E-state index is 0.184. The number of nitrogens with zero attached hydrogens (tertiary/aromatic N) is 4. The van der Waals surface area contributed by atoms with Crippen LogP contribution < -0.4 is 10.9 Å². The Morgan fingerprint density at radius 3 is 2.56 bits per heavy atom. The normalized spacial score (nSPS) is 15.6. The number of piperidine rings is 1. The molecular formula is C25H33N5O3S. The van der Waals surface area contributed by atoms with E-state index in [9.17, 15) is 13.2 Å². The molecule has 0 bridgehead atoms. The van der Waals surface area contributed by atoms with Gasteiger partial charge in [-0.1, -0.05) is 19.1 Å². The van der Waals surface area contributed by atoms with E-state index in [1.807, 2.05) is 6.92 Å². The van der Waals surface area contributed by atoms with Crippen LogP contribution in [0.15, 0.2) is 46.2 Å². The van der Waals surface area contributed by atoms with E-state index in [2.05, 4.69) is 27.1 Å². The second-order valence-electron chi connectivity index (χ2n) is 8.97. The number of fused-ring (bicyclic) bond motifs is 1. The highest BCUT2D eigenvalue weighted by Gasteiger charge is 2.18. The smallest absolute Gasteiger partial charge is 0.260 e. The lowest BCUT2D eigenvalue weighted by Crippen LogP contribution is -2.33. The molecule has 0 saturated carbocycles. The van der Waals surface area contributed by atoms with E-state index in [-0.39, 0.29) is 10.5 Å². The molecule has 1 N–H and O–H groups in total. The maximum Gasteiger partial charge on any atom is 0.260 e. The fourth-order valence-electron chi connectivity index (χ4n) is 4.62. The molecule has 0 radical (unpaired) electrons. The van der Waals surface area contributed by atoms with Crippen molar-refractivity contribution >= 4 is 26.8 Å². The van der Waals surface area contributed by atoms with E-state index >= 15 is 0 Å². The van der Waals surface area contributed by atoms with E-state index in [1.54, 1.807) is 35.0 Å². The Morgan fingerprint density at radius 2 is 1.88 bits per heavy atom. The molecule has 1 aliphatic heterocycles. The van der Waals surface area contributed by atoms with Gasteiger partial charge in [0.25, 0.3) is 5.56 Å². The van der Waals surface area contributed by atoms with Gasteiger partial charge in [0, 0.05) is 36.5 Å². The van der Waals surface area contributed by atoms with Crippen LogP contribution in [0.1, 0.15) is 33.1 Å². The molecule has 182 valence electrons. The average Bonchev–Trinajstić information content (AvgIpc) is 2.84. The zero-order valence-electron chi connectivity index (χ0n) is 20.1. The molecule has 1 aromatic carbocycles. The highest BCUT2D eigenvalue weighted by atomic mass is 32.2. The minimum atomic E-state index is -3.38. The van der Waals surface area contributed by atoms with E-state index in [1.165, 1.54) is 32.0 Å². The van der Waals surface area contributed by atoms with Crippen LogP contribution in [-0.2, 0) is 16.4 Å². The highest BCUT2D eigenvalue weighted by molar-refractivity contribution is 7.90. The molecule has 0 unspecified atom stereocenters. The Hall–Kier alpha value is -2.78. The van der Waals surface area contributed by atoms with Gasteiger partial charge in [-0.2, -0.15) is 4.98 Å². The third-order valence-electron chi connectivity index (χ3n) is 6.71. The largest absolute Gasteiger partial charge is 0.354 e. The van der Waals surface area contributed by atoms with Crippen molar-refractivity contribution in [2.45, 2.75) is 44.6 Å². The van der Waals surface area contributed by atoms with Gasteiger partial charge in [-0.05, 0) is 75.5 Å². The summed E-state index contributed by atoms with van der Waals surface area (Å²) in [4.78, 5) is 25.1. The van der Waals surface area contributed by atoms with Crippen molar-refractivity contribution < 1.29 is 8.42 Å². The first kappa shape index (κ1) is 24.3. The van der Waals surface area contributed by atoms with Gasteiger partial charge in [-0.15, -0.1) is 0 Å². The SMILES string of the molecule is CCN1CCC(CCNc2ncc3cc(-c4cccc(S(C)(=O)=O)c4)c(=O)n(CC)c3n2)CC1. The lowest BCUT2D eigenvalue weighted by molar-refractivity contribution is 0.189. The summed E-state index contributed by atoms with van der Waals surface area (Å²) in [6.45, 7) is 8.83. The Bertz CT molecular complexity index is 1330. The van der Waals surface area contributed by atoms with Gasteiger partial charge in [0.2, 0.25) is 5.95 Å². The van der Waals surface area contributed by atoms with Gasteiger partial charge in [0.05, 0.1) is 4.90 Å². The van der Waals surface area contributed by atoms with E-state index in [0.717, 1.165) is 37.1 Å². The van der Waals surface area contributed by atoms with Crippen molar-refractivity contribution in [3.63, 3.8) is 0 Å². The number of benzene rings is 1. The second kappa shape index (κ2) is 10.2. The van der Waals surface area contributed by atoms with Gasteiger partial charge in [-0.3, -0.25) is 9.36 Å². The first-order valence-electron chi connectivity index (χ1n) is 12.0. The fourth-order valence-corrected chi connectivity index (χ4v) is 5.28. The first-order valence-corrected chi connectivity index (χ1v) is 13.9. The van der Waals surface area contributed by atoms with E-state index in [0.29, 0.717) is 29.3 Å². The van der Waals surface area contributed by atoms with E-state index in [4.69, 9.17) is 0 Å². The summed E-state index contributed by atoms with van der Waals surface area (Å²) in [5.41, 5.74) is 1.37. The summed E-state index contributed by atoms with van der Waals surface area (Å²) < 4.78 is 25.6. The van der Waals surface area contributed by atoms with Crippen molar-refractivity contribution in [2.24, 2.45) is 5.92 Å². The highest BCUT2D eigenvalue weighted by Crippen LogP contribution is 2.24. The number of anilines is 1. The molecule has 0 aliphatic carbocycles. The van der Waals surface area contributed by atoms with Crippen LogP contribution in [0.4, 0.5) is 5.95 Å². The molecule has 3 heterocycles. The molecule has 0 amide bonds. The number of pyridine rings is 1. The molecular weight excluding hydrogens is 450 g/mol. The molecule has 9 heteroatoms. The second-order valence-corrected chi connectivity index (χ2v) is 11.0. The molecule has 3 aromatic rings. The van der Waals surface area contributed by atoms with Gasteiger partial charge in [-0.25, -0.2) is 13.4 Å². The maximum absolute atomic E-state index is 13.3. The zero-order chi connectivity index (χ0) is 24.3. The molecule has 1 fully saturated rings. The van der Waals surface area contributed by atoms with Crippen LogP contribution in [0, 0.1) is 5.92 Å². The number of rotatable bonds is 8. The van der Waals surface area contributed by atoms with Gasteiger partial charge < -0.3 is 10.2 Å². The number of nitrogens with one attached hydrogen (secondary N) is 1. The molecule has 0 spiro atoms. The topological polar surface area (TPSA) is 97.2 Å². The zero-order valence-corrected chi connectivity index (χ0v) is 20.9. The van der Waals surface area contributed by atoms with Crippen LogP contribution in [0.25, 0.3) is 22.2 Å². The first-order chi connectivity index (χ1) is 16.3. The summed E-state index contributed by atoms with van der Waals surface area (Å²) in [5.74, 6) is 1.24. The predicted octanol–water partition coefficient (Wildman–Crippen LogP) is 3.42. The minimum Gasteiger partial charge on any atom is -0.354 e. The molecule has 34 heavy (non-hydrogen) atoms. The number of sulfone groups is 1. The number of aromatic nitrogens is 3. The molecule has 1 saturated heterocycles.